The van der Waals surface area contributed by atoms with E-state index < -0.39 is 0 Å². The van der Waals surface area contributed by atoms with E-state index >= 15 is 0 Å². The van der Waals surface area contributed by atoms with Crippen molar-refractivity contribution in [1.82, 2.24) is 4.98 Å². The number of rotatable bonds is 2. The summed E-state index contributed by atoms with van der Waals surface area (Å²) in [5.41, 5.74) is 6.50. The van der Waals surface area contributed by atoms with Crippen molar-refractivity contribution in [3.63, 3.8) is 0 Å². The van der Waals surface area contributed by atoms with Crippen molar-refractivity contribution in [1.29, 1.82) is 0 Å². The summed E-state index contributed by atoms with van der Waals surface area (Å²) >= 11 is 0. The average molecular weight is 224 g/mol. The highest BCUT2D eigenvalue weighted by Gasteiger charge is 2.05. The van der Waals surface area contributed by atoms with Crippen molar-refractivity contribution < 1.29 is 4.42 Å². The summed E-state index contributed by atoms with van der Waals surface area (Å²) in [6, 6.07) is 14.4. The third kappa shape index (κ3) is 1.81. The molecule has 0 unspecified atom stereocenters. The first-order chi connectivity index (χ1) is 8.36. The lowest BCUT2D eigenvalue weighted by Crippen LogP contribution is -1.94. The minimum atomic E-state index is 0.327. The molecule has 0 bridgehead atoms. The molecule has 0 amide bonds. The van der Waals surface area contributed by atoms with Crippen LogP contribution >= 0.6 is 0 Å². The van der Waals surface area contributed by atoms with E-state index in [1.807, 2.05) is 18.2 Å². The lowest BCUT2D eigenvalue weighted by atomic mass is 10.1. The Kier molecular flexibility index (Phi) is 2.38. The van der Waals surface area contributed by atoms with Gasteiger partial charge in [0.2, 0.25) is 5.89 Å². The number of aromatic nitrogens is 1. The Morgan fingerprint density at radius 2 is 1.88 bits per heavy atom. The van der Waals surface area contributed by atoms with Crippen LogP contribution in [0.4, 0.5) is 0 Å². The molecule has 0 saturated heterocycles. The van der Waals surface area contributed by atoms with E-state index in [2.05, 4.69) is 29.2 Å². The Morgan fingerprint density at radius 1 is 1.06 bits per heavy atom. The van der Waals surface area contributed by atoms with Gasteiger partial charge >= 0.3 is 0 Å². The second-order valence-electron chi connectivity index (χ2n) is 3.88. The van der Waals surface area contributed by atoms with Gasteiger partial charge in [-0.15, -0.1) is 0 Å². The number of nitrogens with zero attached hydrogens (tertiary/aromatic N) is 1. The number of benzene rings is 2. The molecule has 0 radical (unpaired) electrons. The Labute approximate surface area is 98.9 Å². The first-order valence-corrected chi connectivity index (χ1v) is 5.51. The molecule has 0 spiro atoms. The Hall–Kier alpha value is -2.13. The molecule has 0 aliphatic heterocycles. The van der Waals surface area contributed by atoms with Crippen LogP contribution in [0.2, 0.25) is 0 Å². The molecule has 0 aliphatic rings. The summed E-state index contributed by atoms with van der Waals surface area (Å²) < 4.78 is 5.53. The summed E-state index contributed by atoms with van der Waals surface area (Å²) in [4.78, 5) is 4.10. The Bertz CT molecular complexity index is 658. The van der Waals surface area contributed by atoms with Crippen LogP contribution in [0.25, 0.3) is 22.1 Å². The fourth-order valence-corrected chi connectivity index (χ4v) is 1.88. The van der Waals surface area contributed by atoms with Gasteiger partial charge in [0.15, 0.2) is 5.76 Å². The molecule has 3 rings (SSSR count). The maximum atomic E-state index is 5.53. The lowest BCUT2D eigenvalue weighted by molar-refractivity contribution is 0.509. The zero-order valence-corrected chi connectivity index (χ0v) is 9.26. The van der Waals surface area contributed by atoms with Crippen molar-refractivity contribution >= 4 is 10.8 Å². The van der Waals surface area contributed by atoms with Gasteiger partial charge in [-0.1, -0.05) is 36.4 Å². The number of fused-ring (bicyclic) bond motifs is 1. The van der Waals surface area contributed by atoms with Crippen LogP contribution in [-0.4, -0.2) is 4.98 Å². The van der Waals surface area contributed by atoms with Crippen LogP contribution in [0.15, 0.2) is 53.1 Å². The van der Waals surface area contributed by atoms with E-state index in [0.29, 0.717) is 12.4 Å². The molecular formula is C14H12N2O. The molecule has 2 N–H and O–H groups in total. The summed E-state index contributed by atoms with van der Waals surface area (Å²) in [6.07, 6.45) is 1.71. The molecule has 1 heterocycles. The maximum Gasteiger partial charge on any atom is 0.208 e. The van der Waals surface area contributed by atoms with Crippen LogP contribution in [-0.2, 0) is 6.54 Å². The molecule has 17 heavy (non-hydrogen) atoms. The molecule has 3 nitrogen and oxygen atoms in total. The van der Waals surface area contributed by atoms with Crippen molar-refractivity contribution in [2.24, 2.45) is 5.73 Å². The van der Waals surface area contributed by atoms with E-state index in [0.717, 1.165) is 11.3 Å². The molecule has 0 atom stereocenters. The van der Waals surface area contributed by atoms with Gasteiger partial charge in [0, 0.05) is 5.56 Å². The summed E-state index contributed by atoms with van der Waals surface area (Å²) in [7, 11) is 0. The van der Waals surface area contributed by atoms with Gasteiger partial charge in [-0.25, -0.2) is 4.98 Å². The molecule has 3 aromatic rings. The second kappa shape index (κ2) is 4.03. The van der Waals surface area contributed by atoms with Crippen LogP contribution < -0.4 is 5.73 Å². The molecule has 0 aliphatic carbocycles. The predicted molar refractivity (Wildman–Crippen MR) is 67.3 cm³/mol. The fraction of sp³-hybridized carbons (Fsp3) is 0.0714. The third-order valence-electron chi connectivity index (χ3n) is 2.76. The highest BCUT2D eigenvalue weighted by atomic mass is 16.4. The van der Waals surface area contributed by atoms with E-state index in [4.69, 9.17) is 10.2 Å². The van der Waals surface area contributed by atoms with Crippen LogP contribution in [0.3, 0.4) is 0 Å². The average Bonchev–Trinajstić information content (AvgIpc) is 2.87. The Balaban J connectivity index is 2.11. The normalized spacial score (nSPS) is 10.9. The summed E-state index contributed by atoms with van der Waals surface area (Å²) in [5.74, 6) is 1.32. The van der Waals surface area contributed by atoms with E-state index in [1.165, 1.54) is 10.8 Å². The van der Waals surface area contributed by atoms with Crippen molar-refractivity contribution in [2.45, 2.75) is 6.54 Å². The molecule has 84 valence electrons. The number of hydrogen-bond acceptors (Lipinski definition) is 3. The van der Waals surface area contributed by atoms with Crippen LogP contribution in [0, 0.1) is 0 Å². The van der Waals surface area contributed by atoms with E-state index in [1.54, 1.807) is 6.20 Å². The van der Waals surface area contributed by atoms with Crippen molar-refractivity contribution in [3.8, 4) is 11.3 Å². The summed E-state index contributed by atoms with van der Waals surface area (Å²) in [5, 5.41) is 2.41. The van der Waals surface area contributed by atoms with E-state index in [9.17, 15) is 0 Å². The zero-order chi connectivity index (χ0) is 11.7. The smallest absolute Gasteiger partial charge is 0.208 e. The minimum absolute atomic E-state index is 0.327. The van der Waals surface area contributed by atoms with Gasteiger partial charge < -0.3 is 10.2 Å². The monoisotopic (exact) mass is 224 g/mol. The van der Waals surface area contributed by atoms with Gasteiger partial charge in [-0.05, 0) is 16.8 Å². The van der Waals surface area contributed by atoms with Crippen molar-refractivity contribution in [2.75, 3.05) is 0 Å². The van der Waals surface area contributed by atoms with Crippen molar-refractivity contribution in [3.05, 3.63) is 54.6 Å². The first kappa shape index (κ1) is 10.1. The fourth-order valence-electron chi connectivity index (χ4n) is 1.88. The van der Waals surface area contributed by atoms with E-state index in [-0.39, 0.29) is 0 Å². The molecular weight excluding hydrogens is 212 g/mol. The van der Waals surface area contributed by atoms with Gasteiger partial charge in [-0.2, -0.15) is 0 Å². The first-order valence-electron chi connectivity index (χ1n) is 5.51. The highest BCUT2D eigenvalue weighted by molar-refractivity contribution is 5.86. The molecule has 0 fully saturated rings. The molecule has 3 heteroatoms. The van der Waals surface area contributed by atoms with Gasteiger partial charge in [0.05, 0.1) is 12.7 Å². The molecule has 2 aromatic carbocycles. The quantitative estimate of drug-likeness (QED) is 0.728. The molecule has 1 aromatic heterocycles. The van der Waals surface area contributed by atoms with Gasteiger partial charge in [0.25, 0.3) is 0 Å². The predicted octanol–water partition coefficient (Wildman–Crippen LogP) is 2.95. The van der Waals surface area contributed by atoms with Gasteiger partial charge in [-0.3, -0.25) is 0 Å². The largest absolute Gasteiger partial charge is 0.439 e. The van der Waals surface area contributed by atoms with Gasteiger partial charge in [0.1, 0.15) is 0 Å². The minimum Gasteiger partial charge on any atom is -0.439 e. The SMILES string of the molecule is NCc1ncc(-c2ccc3ccccc3c2)o1. The zero-order valence-electron chi connectivity index (χ0n) is 9.26. The third-order valence-corrected chi connectivity index (χ3v) is 2.76. The topological polar surface area (TPSA) is 52.0 Å². The molecule has 0 saturated carbocycles. The number of hydrogen-bond donors (Lipinski definition) is 1. The lowest BCUT2D eigenvalue weighted by Gasteiger charge is -2.00. The number of nitrogens with two attached hydrogens (primary N) is 1. The van der Waals surface area contributed by atoms with Crippen LogP contribution in [0.1, 0.15) is 5.89 Å². The highest BCUT2D eigenvalue weighted by Crippen LogP contribution is 2.24. The number of oxazole rings is 1. The standard InChI is InChI=1S/C14H12N2O/c15-8-14-16-9-13(17-14)12-6-5-10-3-1-2-4-11(10)7-12/h1-7,9H,8,15H2. The Morgan fingerprint density at radius 3 is 2.65 bits per heavy atom. The maximum absolute atomic E-state index is 5.53. The summed E-state index contributed by atoms with van der Waals surface area (Å²) in [6.45, 7) is 0.327. The van der Waals surface area contributed by atoms with Crippen LogP contribution in [0.5, 0.6) is 0 Å². The second-order valence-corrected chi connectivity index (χ2v) is 3.88.